The van der Waals surface area contributed by atoms with E-state index in [2.05, 4.69) is 11.4 Å². The van der Waals surface area contributed by atoms with Crippen molar-refractivity contribution in [3.05, 3.63) is 112 Å². The Morgan fingerprint density at radius 1 is 0.941 bits per heavy atom. The smallest absolute Gasteiger partial charge is 0.266 e. The van der Waals surface area contributed by atoms with Gasteiger partial charge in [0.05, 0.1) is 0 Å². The van der Waals surface area contributed by atoms with Gasteiger partial charge in [0.25, 0.3) is 5.91 Å². The van der Waals surface area contributed by atoms with Crippen LogP contribution in [0.3, 0.4) is 0 Å². The summed E-state index contributed by atoms with van der Waals surface area (Å²) in [5, 5.41) is 14.6. The van der Waals surface area contributed by atoms with Crippen LogP contribution >= 0.6 is 0 Å². The highest BCUT2D eigenvalue weighted by molar-refractivity contribution is 6.11. The van der Waals surface area contributed by atoms with Crippen molar-refractivity contribution >= 4 is 28.4 Å². The second kappa shape index (κ2) is 10.1. The lowest BCUT2D eigenvalue weighted by Crippen LogP contribution is -2.14. The van der Waals surface area contributed by atoms with Crippen molar-refractivity contribution < 1.29 is 9.53 Å². The van der Waals surface area contributed by atoms with Crippen molar-refractivity contribution in [3.8, 4) is 11.8 Å². The summed E-state index contributed by atoms with van der Waals surface area (Å²) in [7, 11) is 0. The normalized spacial score (nSPS) is 11.2. The van der Waals surface area contributed by atoms with Crippen LogP contribution in [-0.2, 0) is 11.4 Å². The first-order chi connectivity index (χ1) is 16.4. The summed E-state index contributed by atoms with van der Waals surface area (Å²) in [4.78, 5) is 13.0. The van der Waals surface area contributed by atoms with Crippen LogP contribution in [0.25, 0.3) is 16.8 Å². The Morgan fingerprint density at radius 2 is 1.68 bits per heavy atom. The van der Waals surface area contributed by atoms with Gasteiger partial charge in [-0.05, 0) is 66.4 Å². The number of amides is 1. The highest BCUT2D eigenvalue weighted by Gasteiger charge is 2.15. The average Bonchev–Trinajstić information content (AvgIpc) is 2.84. The van der Waals surface area contributed by atoms with E-state index in [-0.39, 0.29) is 5.57 Å². The molecule has 0 saturated heterocycles. The Labute approximate surface area is 200 Å². The molecule has 0 saturated carbocycles. The number of anilines is 1. The number of rotatable bonds is 6. The van der Waals surface area contributed by atoms with E-state index in [1.54, 1.807) is 6.08 Å². The molecule has 0 bridgehead atoms. The van der Waals surface area contributed by atoms with Gasteiger partial charge in [-0.1, -0.05) is 72.3 Å². The van der Waals surface area contributed by atoms with E-state index in [1.807, 2.05) is 99.6 Å². The van der Waals surface area contributed by atoms with Gasteiger partial charge in [0.2, 0.25) is 0 Å². The van der Waals surface area contributed by atoms with Crippen LogP contribution < -0.4 is 10.1 Å². The molecular formula is C30H26N2O2. The third-order valence-electron chi connectivity index (χ3n) is 5.74. The molecule has 4 rings (SSSR count). The zero-order valence-electron chi connectivity index (χ0n) is 19.6. The summed E-state index contributed by atoms with van der Waals surface area (Å²) in [5.74, 6) is 0.167. The van der Waals surface area contributed by atoms with E-state index >= 15 is 0 Å². The predicted octanol–water partition coefficient (Wildman–Crippen LogP) is 6.89. The molecule has 34 heavy (non-hydrogen) atoms. The minimum absolute atomic E-state index is 0.0115. The van der Waals surface area contributed by atoms with E-state index in [0.29, 0.717) is 23.6 Å². The maximum absolute atomic E-state index is 13.0. The topological polar surface area (TPSA) is 62.1 Å². The standard InChI is InChI=1S/C30H26N2O2/c1-20-9-12-23(13-10-20)19-34-29-15-14-24-6-4-5-7-26(24)27(29)17-25(18-31)30(33)32-28-16-21(2)8-11-22(28)3/h4-17H,19H2,1-3H3,(H,32,33)/b25-17+. The maximum atomic E-state index is 13.0. The number of carbonyl (C=O) groups is 1. The van der Waals surface area contributed by atoms with Crippen LogP contribution in [0.4, 0.5) is 5.69 Å². The van der Waals surface area contributed by atoms with Crippen LogP contribution in [0.1, 0.15) is 27.8 Å². The Balaban J connectivity index is 1.70. The zero-order chi connectivity index (χ0) is 24.1. The van der Waals surface area contributed by atoms with Gasteiger partial charge >= 0.3 is 0 Å². The molecule has 1 amide bonds. The van der Waals surface area contributed by atoms with E-state index in [9.17, 15) is 10.1 Å². The van der Waals surface area contributed by atoms with Crippen molar-refractivity contribution in [2.45, 2.75) is 27.4 Å². The number of aryl methyl sites for hydroxylation is 3. The molecule has 0 aliphatic carbocycles. The van der Waals surface area contributed by atoms with Gasteiger partial charge in [0.1, 0.15) is 24.0 Å². The number of nitrogens with one attached hydrogen (secondary N) is 1. The Bertz CT molecular complexity index is 1430. The zero-order valence-corrected chi connectivity index (χ0v) is 19.6. The number of hydrogen-bond donors (Lipinski definition) is 1. The monoisotopic (exact) mass is 446 g/mol. The Morgan fingerprint density at radius 3 is 2.44 bits per heavy atom. The van der Waals surface area contributed by atoms with Crippen LogP contribution in [0.5, 0.6) is 5.75 Å². The molecule has 0 aliphatic heterocycles. The third-order valence-corrected chi connectivity index (χ3v) is 5.74. The number of hydrogen-bond acceptors (Lipinski definition) is 3. The van der Waals surface area contributed by atoms with Gasteiger partial charge in [-0.25, -0.2) is 0 Å². The lowest BCUT2D eigenvalue weighted by molar-refractivity contribution is -0.112. The highest BCUT2D eigenvalue weighted by atomic mass is 16.5. The van der Waals surface area contributed by atoms with Crippen molar-refractivity contribution in [3.63, 3.8) is 0 Å². The van der Waals surface area contributed by atoms with Crippen LogP contribution in [-0.4, -0.2) is 5.91 Å². The molecule has 4 nitrogen and oxygen atoms in total. The van der Waals surface area contributed by atoms with Gasteiger partial charge in [0, 0.05) is 11.3 Å². The predicted molar refractivity (Wildman–Crippen MR) is 138 cm³/mol. The molecule has 0 heterocycles. The molecule has 0 radical (unpaired) electrons. The van der Waals surface area contributed by atoms with Gasteiger partial charge in [-0.3, -0.25) is 4.79 Å². The second-order valence-electron chi connectivity index (χ2n) is 8.42. The average molecular weight is 447 g/mol. The molecular weight excluding hydrogens is 420 g/mol. The van der Waals surface area contributed by atoms with Crippen LogP contribution in [0, 0.1) is 32.1 Å². The summed E-state index contributed by atoms with van der Waals surface area (Å²) in [5.41, 5.74) is 5.61. The highest BCUT2D eigenvalue weighted by Crippen LogP contribution is 2.31. The number of nitriles is 1. The second-order valence-corrected chi connectivity index (χ2v) is 8.42. The van der Waals surface area contributed by atoms with E-state index in [1.165, 1.54) is 5.56 Å². The molecule has 168 valence electrons. The fourth-order valence-electron chi connectivity index (χ4n) is 3.75. The van der Waals surface area contributed by atoms with Gasteiger partial charge in [-0.2, -0.15) is 5.26 Å². The Hall–Kier alpha value is -4.36. The minimum Gasteiger partial charge on any atom is -0.488 e. The minimum atomic E-state index is -0.450. The van der Waals surface area contributed by atoms with Crippen LogP contribution in [0.2, 0.25) is 0 Å². The van der Waals surface area contributed by atoms with E-state index < -0.39 is 5.91 Å². The first-order valence-electron chi connectivity index (χ1n) is 11.1. The maximum Gasteiger partial charge on any atom is 0.266 e. The van der Waals surface area contributed by atoms with Crippen molar-refractivity contribution in [2.24, 2.45) is 0 Å². The van der Waals surface area contributed by atoms with Crippen molar-refractivity contribution in [1.82, 2.24) is 0 Å². The third kappa shape index (κ3) is 5.16. The van der Waals surface area contributed by atoms with Crippen molar-refractivity contribution in [1.29, 1.82) is 5.26 Å². The quantitative estimate of drug-likeness (QED) is 0.259. The number of ether oxygens (including phenoxy) is 1. The fraction of sp³-hybridized carbons (Fsp3) is 0.133. The molecule has 0 aromatic heterocycles. The van der Waals surface area contributed by atoms with Gasteiger partial charge in [-0.15, -0.1) is 0 Å². The first-order valence-corrected chi connectivity index (χ1v) is 11.1. The Kier molecular flexibility index (Phi) is 6.75. The summed E-state index contributed by atoms with van der Waals surface area (Å²) < 4.78 is 6.16. The fourth-order valence-corrected chi connectivity index (χ4v) is 3.75. The molecule has 0 aliphatic rings. The molecule has 4 aromatic rings. The number of carbonyl (C=O) groups excluding carboxylic acids is 1. The summed E-state index contributed by atoms with van der Waals surface area (Å²) >= 11 is 0. The summed E-state index contributed by atoms with van der Waals surface area (Å²) in [6.07, 6.45) is 1.62. The van der Waals surface area contributed by atoms with E-state index in [0.717, 1.165) is 27.5 Å². The lowest BCUT2D eigenvalue weighted by atomic mass is 10.0. The molecule has 1 N–H and O–H groups in total. The lowest BCUT2D eigenvalue weighted by Gasteiger charge is -2.13. The molecule has 0 atom stereocenters. The molecule has 0 fully saturated rings. The SMILES string of the molecule is Cc1ccc(COc2ccc3ccccc3c2/C=C(\C#N)C(=O)Nc2cc(C)ccc2C)cc1. The molecule has 4 heteroatoms. The summed E-state index contributed by atoms with van der Waals surface area (Å²) in [6.45, 7) is 6.32. The molecule has 0 spiro atoms. The largest absolute Gasteiger partial charge is 0.488 e. The number of fused-ring (bicyclic) bond motifs is 1. The van der Waals surface area contributed by atoms with Gasteiger partial charge < -0.3 is 10.1 Å². The first kappa shape index (κ1) is 22.8. The van der Waals surface area contributed by atoms with Crippen molar-refractivity contribution in [2.75, 3.05) is 5.32 Å². The van der Waals surface area contributed by atoms with Crippen LogP contribution in [0.15, 0.2) is 84.4 Å². The van der Waals surface area contributed by atoms with Gasteiger partial charge in [0.15, 0.2) is 0 Å². The number of benzene rings is 4. The summed E-state index contributed by atoms with van der Waals surface area (Å²) in [6, 6.07) is 27.8. The molecule has 4 aromatic carbocycles. The van der Waals surface area contributed by atoms with E-state index in [4.69, 9.17) is 4.74 Å². The molecule has 0 unspecified atom stereocenters. The number of nitrogens with zero attached hydrogens (tertiary/aromatic N) is 1.